The molecule has 0 spiro atoms. The smallest absolute Gasteiger partial charge is 0.242 e. The summed E-state index contributed by atoms with van der Waals surface area (Å²) in [5.74, 6) is -0.0634. The number of carbonyl (C=O) groups excluding carboxylic acids is 1. The zero-order valence-electron chi connectivity index (χ0n) is 11.0. The molecule has 0 aliphatic carbocycles. The molecule has 4 heteroatoms. The van der Waals surface area contributed by atoms with Gasteiger partial charge in [-0.05, 0) is 36.4 Å². The molecule has 100 valence electrons. The highest BCUT2D eigenvalue weighted by atomic mass is 35.5. The Balaban J connectivity index is 2.40. The Morgan fingerprint density at radius 3 is 2.42 bits per heavy atom. The van der Waals surface area contributed by atoms with E-state index >= 15 is 0 Å². The molecule has 2 aromatic rings. The first-order valence-corrected chi connectivity index (χ1v) is 7.50. The van der Waals surface area contributed by atoms with Gasteiger partial charge in [0.25, 0.3) is 0 Å². The molecule has 0 bridgehead atoms. The van der Waals surface area contributed by atoms with Crippen LogP contribution in [0.2, 0.25) is 0 Å². The van der Waals surface area contributed by atoms with Gasteiger partial charge < -0.3 is 4.90 Å². The van der Waals surface area contributed by atoms with Gasteiger partial charge in [0.1, 0.15) is 5.88 Å². The maximum absolute atomic E-state index is 12.1. The number of benzene rings is 1. The number of carbonyl (C=O) groups is 1. The second-order valence-electron chi connectivity index (χ2n) is 4.43. The largest absolute Gasteiger partial charge is 0.306 e. The quantitative estimate of drug-likeness (QED) is 0.776. The maximum atomic E-state index is 12.1. The number of amides is 1. The summed E-state index contributed by atoms with van der Waals surface area (Å²) in [5.41, 5.74) is 3.16. The number of para-hydroxylation sites is 1. The van der Waals surface area contributed by atoms with E-state index in [1.165, 1.54) is 0 Å². The van der Waals surface area contributed by atoms with Crippen molar-refractivity contribution in [1.29, 1.82) is 0 Å². The monoisotopic (exact) mass is 293 g/mol. The zero-order valence-corrected chi connectivity index (χ0v) is 12.6. The van der Waals surface area contributed by atoms with E-state index in [0.29, 0.717) is 6.54 Å². The van der Waals surface area contributed by atoms with Crippen LogP contribution in [0.3, 0.4) is 0 Å². The van der Waals surface area contributed by atoms with Crippen LogP contribution in [-0.2, 0) is 11.3 Å². The number of thiophene rings is 1. The molecule has 2 rings (SSSR count). The third-order valence-electron chi connectivity index (χ3n) is 3.02. The van der Waals surface area contributed by atoms with Gasteiger partial charge in [-0.15, -0.1) is 22.9 Å². The van der Waals surface area contributed by atoms with Crippen molar-refractivity contribution in [2.45, 2.75) is 20.4 Å². The minimum atomic E-state index is -0.0625. The van der Waals surface area contributed by atoms with Gasteiger partial charge in [-0.1, -0.05) is 24.3 Å². The summed E-state index contributed by atoms with van der Waals surface area (Å²) in [7, 11) is 0. The van der Waals surface area contributed by atoms with Crippen LogP contribution in [0.4, 0.5) is 5.69 Å². The topological polar surface area (TPSA) is 20.3 Å². The Bertz CT molecular complexity index is 545. The minimum Gasteiger partial charge on any atom is -0.306 e. The molecule has 0 aliphatic heterocycles. The summed E-state index contributed by atoms with van der Waals surface area (Å²) in [6.45, 7) is 4.62. The molecule has 0 atom stereocenters. The van der Waals surface area contributed by atoms with Crippen LogP contribution in [0.1, 0.15) is 16.0 Å². The van der Waals surface area contributed by atoms with Gasteiger partial charge >= 0.3 is 0 Å². The number of hydrogen-bond donors (Lipinski definition) is 0. The highest BCUT2D eigenvalue weighted by Gasteiger charge is 2.19. The number of anilines is 1. The van der Waals surface area contributed by atoms with E-state index in [2.05, 4.69) is 0 Å². The second kappa shape index (κ2) is 6.22. The van der Waals surface area contributed by atoms with Crippen LogP contribution in [-0.4, -0.2) is 11.8 Å². The first-order valence-electron chi connectivity index (χ1n) is 6.08. The molecular formula is C15H16ClNOS. The molecule has 0 N–H and O–H groups in total. The third-order valence-corrected chi connectivity index (χ3v) is 4.11. The molecule has 2 nitrogen and oxygen atoms in total. The third kappa shape index (κ3) is 3.17. The van der Waals surface area contributed by atoms with Crippen molar-refractivity contribution in [1.82, 2.24) is 0 Å². The van der Waals surface area contributed by atoms with Gasteiger partial charge in [0.2, 0.25) is 5.91 Å². The van der Waals surface area contributed by atoms with E-state index in [0.717, 1.165) is 21.7 Å². The van der Waals surface area contributed by atoms with E-state index in [9.17, 15) is 4.79 Å². The number of alkyl halides is 1. The fourth-order valence-corrected chi connectivity index (χ4v) is 2.99. The van der Waals surface area contributed by atoms with Crippen molar-refractivity contribution in [3.63, 3.8) is 0 Å². The van der Waals surface area contributed by atoms with E-state index in [4.69, 9.17) is 11.6 Å². The highest BCUT2D eigenvalue weighted by molar-refractivity contribution is 7.09. The number of nitrogens with zero attached hydrogens (tertiary/aromatic N) is 1. The number of rotatable bonds is 4. The van der Waals surface area contributed by atoms with Gasteiger partial charge in [-0.2, -0.15) is 0 Å². The first-order chi connectivity index (χ1) is 9.13. The molecular weight excluding hydrogens is 278 g/mol. The van der Waals surface area contributed by atoms with Crippen LogP contribution in [0, 0.1) is 13.8 Å². The van der Waals surface area contributed by atoms with Gasteiger partial charge in [0.15, 0.2) is 0 Å². The molecule has 1 heterocycles. The average molecular weight is 294 g/mol. The fourth-order valence-electron chi connectivity index (χ4n) is 2.15. The van der Waals surface area contributed by atoms with Gasteiger partial charge in [-0.25, -0.2) is 0 Å². The maximum Gasteiger partial charge on any atom is 0.242 e. The van der Waals surface area contributed by atoms with E-state index in [-0.39, 0.29) is 11.8 Å². The van der Waals surface area contributed by atoms with E-state index in [1.807, 2.05) is 49.6 Å². The molecule has 0 unspecified atom stereocenters. The minimum absolute atomic E-state index is 0.000844. The normalized spacial score (nSPS) is 10.5. The van der Waals surface area contributed by atoms with Crippen LogP contribution in [0.15, 0.2) is 35.7 Å². The SMILES string of the molecule is Cc1cccc(C)c1N(Cc1cccs1)C(=O)CCl. The molecule has 0 aliphatic rings. The molecule has 0 saturated heterocycles. The predicted molar refractivity (Wildman–Crippen MR) is 82.1 cm³/mol. The van der Waals surface area contributed by atoms with Crippen LogP contribution >= 0.6 is 22.9 Å². The van der Waals surface area contributed by atoms with Gasteiger partial charge in [0, 0.05) is 10.6 Å². The highest BCUT2D eigenvalue weighted by Crippen LogP contribution is 2.27. The summed E-state index contributed by atoms with van der Waals surface area (Å²) in [6.07, 6.45) is 0. The number of hydrogen-bond acceptors (Lipinski definition) is 2. The molecule has 0 radical (unpaired) electrons. The van der Waals surface area contributed by atoms with Crippen molar-refractivity contribution in [3.8, 4) is 0 Å². The second-order valence-corrected chi connectivity index (χ2v) is 5.73. The lowest BCUT2D eigenvalue weighted by Crippen LogP contribution is -2.32. The zero-order chi connectivity index (χ0) is 13.8. The van der Waals surface area contributed by atoms with Crippen molar-refractivity contribution in [2.75, 3.05) is 10.8 Å². The van der Waals surface area contributed by atoms with E-state index in [1.54, 1.807) is 16.2 Å². The summed E-state index contributed by atoms with van der Waals surface area (Å²) >= 11 is 7.40. The Morgan fingerprint density at radius 1 is 1.21 bits per heavy atom. The molecule has 19 heavy (non-hydrogen) atoms. The van der Waals surface area contributed by atoms with Gasteiger partial charge in [-0.3, -0.25) is 4.79 Å². The van der Waals surface area contributed by atoms with Crippen molar-refractivity contribution in [3.05, 3.63) is 51.7 Å². The lowest BCUT2D eigenvalue weighted by atomic mass is 10.1. The van der Waals surface area contributed by atoms with Crippen LogP contribution in [0.25, 0.3) is 0 Å². The Kier molecular flexibility index (Phi) is 4.61. The Morgan fingerprint density at radius 2 is 1.89 bits per heavy atom. The molecule has 1 amide bonds. The standard InChI is InChI=1S/C15H16ClNOS/c1-11-5-3-6-12(2)15(11)17(14(18)9-16)10-13-7-4-8-19-13/h3-8H,9-10H2,1-2H3. The fraction of sp³-hybridized carbons (Fsp3) is 0.267. The molecule has 0 fully saturated rings. The Hall–Kier alpha value is -1.32. The van der Waals surface area contributed by atoms with Crippen LogP contribution in [0.5, 0.6) is 0 Å². The van der Waals surface area contributed by atoms with Crippen molar-refractivity contribution >= 4 is 34.5 Å². The summed E-state index contributed by atoms with van der Waals surface area (Å²) in [6, 6.07) is 10.1. The molecule has 0 saturated carbocycles. The first kappa shape index (κ1) is 14.1. The van der Waals surface area contributed by atoms with Crippen molar-refractivity contribution in [2.24, 2.45) is 0 Å². The molecule has 1 aromatic heterocycles. The van der Waals surface area contributed by atoms with Gasteiger partial charge in [0.05, 0.1) is 6.54 Å². The predicted octanol–water partition coefficient (Wildman–Crippen LogP) is 4.14. The van der Waals surface area contributed by atoms with E-state index < -0.39 is 0 Å². The molecule has 1 aromatic carbocycles. The number of aryl methyl sites for hydroxylation is 2. The lowest BCUT2D eigenvalue weighted by Gasteiger charge is -2.25. The summed E-state index contributed by atoms with van der Waals surface area (Å²) in [4.78, 5) is 15.1. The summed E-state index contributed by atoms with van der Waals surface area (Å²) in [5, 5.41) is 2.02. The van der Waals surface area contributed by atoms with Crippen LogP contribution < -0.4 is 4.90 Å². The number of halogens is 1. The summed E-state index contributed by atoms with van der Waals surface area (Å²) < 4.78 is 0. The Labute approximate surface area is 122 Å². The van der Waals surface area contributed by atoms with Crippen molar-refractivity contribution < 1.29 is 4.79 Å². The average Bonchev–Trinajstić information content (AvgIpc) is 2.89. The lowest BCUT2D eigenvalue weighted by molar-refractivity contribution is -0.116.